The van der Waals surface area contributed by atoms with Gasteiger partial charge >= 0.3 is 0 Å². The predicted molar refractivity (Wildman–Crippen MR) is 110 cm³/mol. The number of hydrogen-bond acceptors (Lipinski definition) is 3. The largest absolute Gasteiger partial charge is 0.496 e. The lowest BCUT2D eigenvalue weighted by atomic mass is 10.2. The Labute approximate surface area is 170 Å². The maximum absolute atomic E-state index is 12.5. The zero-order valence-corrected chi connectivity index (χ0v) is 17.8. The topological polar surface area (TPSA) is 47.4 Å². The van der Waals surface area contributed by atoms with Crippen LogP contribution in [0.25, 0.3) is 6.08 Å². The molecule has 0 aliphatic rings. The fourth-order valence-corrected chi connectivity index (χ4v) is 3.21. The lowest BCUT2D eigenvalue weighted by Gasteiger charge is -2.17. The Hall–Kier alpha value is -1.98. The number of aryl methyl sites for hydroxylation is 1. The van der Waals surface area contributed by atoms with Gasteiger partial charge in [0.05, 0.1) is 12.8 Å². The van der Waals surface area contributed by atoms with Gasteiger partial charge in [-0.2, -0.15) is 5.10 Å². The van der Waals surface area contributed by atoms with E-state index in [1.807, 2.05) is 6.92 Å². The zero-order valence-electron chi connectivity index (χ0n) is 16.3. The lowest BCUT2D eigenvalue weighted by molar-refractivity contribution is -0.125. The second-order valence-electron chi connectivity index (χ2n) is 6.85. The van der Waals surface area contributed by atoms with Gasteiger partial charge in [0.2, 0.25) is 5.91 Å². The number of carbonyl (C=O) groups is 1. The van der Waals surface area contributed by atoms with Crippen LogP contribution in [0.3, 0.4) is 0 Å². The van der Waals surface area contributed by atoms with E-state index in [0.717, 1.165) is 23.4 Å². The summed E-state index contributed by atoms with van der Waals surface area (Å²) in [4.78, 5) is 14.1. The molecular weight excluding hydrogens is 385 g/mol. The van der Waals surface area contributed by atoms with Gasteiger partial charge in [-0.25, -0.2) is 0 Å². The van der Waals surface area contributed by atoms with Crippen molar-refractivity contribution in [3.63, 3.8) is 0 Å². The molecule has 0 aliphatic heterocycles. The molecule has 2 rings (SSSR count). The molecule has 1 heterocycles. The SMILES string of the molecule is COc1ccc(Cl)cc1CN(C)C(=O)/C=C/c1c(C)nn(CC(C)C)c1Cl. The Balaban J connectivity index is 2.13. The smallest absolute Gasteiger partial charge is 0.246 e. The van der Waals surface area contributed by atoms with E-state index in [-0.39, 0.29) is 5.91 Å². The fourth-order valence-electron chi connectivity index (χ4n) is 2.71. The lowest BCUT2D eigenvalue weighted by Crippen LogP contribution is -2.24. The van der Waals surface area contributed by atoms with Crippen LogP contribution < -0.4 is 4.74 Å². The van der Waals surface area contributed by atoms with E-state index in [9.17, 15) is 4.79 Å². The van der Waals surface area contributed by atoms with Crippen molar-refractivity contribution in [2.45, 2.75) is 33.9 Å². The Bertz CT molecular complexity index is 844. The highest BCUT2D eigenvalue weighted by Gasteiger charge is 2.14. The van der Waals surface area contributed by atoms with Crippen LogP contribution in [0.4, 0.5) is 0 Å². The normalized spacial score (nSPS) is 11.4. The van der Waals surface area contributed by atoms with Crippen LogP contribution >= 0.6 is 23.2 Å². The van der Waals surface area contributed by atoms with Crippen molar-refractivity contribution >= 4 is 35.2 Å². The van der Waals surface area contributed by atoms with Gasteiger partial charge in [0.15, 0.2) is 0 Å². The summed E-state index contributed by atoms with van der Waals surface area (Å²) in [6.07, 6.45) is 3.22. The van der Waals surface area contributed by atoms with Crippen molar-refractivity contribution in [1.82, 2.24) is 14.7 Å². The molecular formula is C20H25Cl2N3O2. The van der Waals surface area contributed by atoms with Crippen LogP contribution in [0.15, 0.2) is 24.3 Å². The molecule has 1 aromatic carbocycles. The third kappa shape index (κ3) is 5.50. The minimum Gasteiger partial charge on any atom is -0.496 e. The van der Waals surface area contributed by atoms with E-state index < -0.39 is 0 Å². The molecule has 0 spiro atoms. The number of nitrogens with zero attached hydrogens (tertiary/aromatic N) is 3. The second-order valence-corrected chi connectivity index (χ2v) is 7.64. The summed E-state index contributed by atoms with van der Waals surface area (Å²) in [6.45, 7) is 7.20. The average Bonchev–Trinajstić information content (AvgIpc) is 2.85. The van der Waals surface area contributed by atoms with Crippen LogP contribution in [0.2, 0.25) is 10.2 Å². The van der Waals surface area contributed by atoms with Crippen LogP contribution in [0.1, 0.15) is 30.7 Å². The van der Waals surface area contributed by atoms with Crippen molar-refractivity contribution in [2.75, 3.05) is 14.2 Å². The van der Waals surface area contributed by atoms with Gasteiger partial charge in [0, 0.05) is 42.4 Å². The number of rotatable bonds is 7. The molecule has 0 saturated carbocycles. The van der Waals surface area contributed by atoms with Gasteiger partial charge < -0.3 is 9.64 Å². The van der Waals surface area contributed by atoms with Crippen LogP contribution in [0.5, 0.6) is 5.75 Å². The molecule has 7 heteroatoms. The number of carbonyl (C=O) groups excluding carboxylic acids is 1. The molecule has 5 nitrogen and oxygen atoms in total. The van der Waals surface area contributed by atoms with Gasteiger partial charge in [-0.1, -0.05) is 37.0 Å². The highest BCUT2D eigenvalue weighted by molar-refractivity contribution is 6.31. The predicted octanol–water partition coefficient (Wildman–Crippen LogP) is 4.83. The van der Waals surface area contributed by atoms with Crippen LogP contribution in [-0.4, -0.2) is 34.7 Å². The third-order valence-electron chi connectivity index (χ3n) is 4.07. The first kappa shape index (κ1) is 21.3. The van der Waals surface area contributed by atoms with E-state index >= 15 is 0 Å². The van der Waals surface area contributed by atoms with Gasteiger partial charge in [-0.05, 0) is 37.1 Å². The summed E-state index contributed by atoms with van der Waals surface area (Å²) in [5, 5.41) is 5.60. The van der Waals surface area contributed by atoms with Crippen molar-refractivity contribution in [3.8, 4) is 5.75 Å². The molecule has 0 saturated heterocycles. The van der Waals surface area contributed by atoms with E-state index in [0.29, 0.717) is 28.4 Å². The first-order valence-electron chi connectivity index (χ1n) is 8.71. The first-order valence-corrected chi connectivity index (χ1v) is 9.47. The molecule has 0 radical (unpaired) electrons. The second kappa shape index (κ2) is 9.29. The number of benzene rings is 1. The molecule has 0 fully saturated rings. The third-order valence-corrected chi connectivity index (χ3v) is 4.70. The average molecular weight is 410 g/mol. The summed E-state index contributed by atoms with van der Waals surface area (Å²) in [5.74, 6) is 0.972. The maximum atomic E-state index is 12.5. The van der Waals surface area contributed by atoms with Crippen molar-refractivity contribution in [2.24, 2.45) is 5.92 Å². The Kier molecular flexibility index (Phi) is 7.33. The van der Waals surface area contributed by atoms with E-state index in [1.165, 1.54) is 6.08 Å². The molecule has 146 valence electrons. The summed E-state index contributed by atoms with van der Waals surface area (Å²) >= 11 is 12.5. The quantitative estimate of drug-likeness (QED) is 0.614. The molecule has 0 unspecified atom stereocenters. The van der Waals surface area contributed by atoms with E-state index in [4.69, 9.17) is 27.9 Å². The van der Waals surface area contributed by atoms with Gasteiger partial charge in [0.1, 0.15) is 10.9 Å². The van der Waals surface area contributed by atoms with Crippen molar-refractivity contribution < 1.29 is 9.53 Å². The Morgan fingerprint density at radius 2 is 2.07 bits per heavy atom. The fraction of sp³-hybridized carbons (Fsp3) is 0.400. The van der Waals surface area contributed by atoms with Crippen LogP contribution in [-0.2, 0) is 17.9 Å². The monoisotopic (exact) mass is 409 g/mol. The summed E-state index contributed by atoms with van der Waals surface area (Å²) in [5.41, 5.74) is 2.40. The van der Waals surface area contributed by atoms with Crippen molar-refractivity contribution in [3.05, 3.63) is 51.3 Å². The summed E-state index contributed by atoms with van der Waals surface area (Å²) in [6, 6.07) is 5.34. The number of hydrogen-bond donors (Lipinski definition) is 0. The molecule has 27 heavy (non-hydrogen) atoms. The number of amides is 1. The van der Waals surface area contributed by atoms with Gasteiger partial charge in [-0.15, -0.1) is 0 Å². The molecule has 1 aromatic heterocycles. The highest BCUT2D eigenvalue weighted by atomic mass is 35.5. The molecule has 2 aromatic rings. The first-order chi connectivity index (χ1) is 12.7. The van der Waals surface area contributed by atoms with E-state index in [2.05, 4.69) is 18.9 Å². The standard InChI is InChI=1S/C20H25Cl2N3O2/c1-13(2)11-25-20(22)17(14(3)23-25)7-9-19(26)24(4)12-15-10-16(21)6-8-18(15)27-5/h6-10,13H,11-12H2,1-5H3/b9-7+. The maximum Gasteiger partial charge on any atom is 0.246 e. The molecule has 0 N–H and O–H groups in total. The van der Waals surface area contributed by atoms with Crippen molar-refractivity contribution in [1.29, 1.82) is 0 Å². The van der Waals surface area contributed by atoms with Gasteiger partial charge in [0.25, 0.3) is 0 Å². The molecule has 0 atom stereocenters. The number of aromatic nitrogens is 2. The zero-order chi connectivity index (χ0) is 20.1. The summed E-state index contributed by atoms with van der Waals surface area (Å²) in [7, 11) is 3.32. The Morgan fingerprint density at radius 3 is 2.70 bits per heavy atom. The minimum absolute atomic E-state index is 0.149. The number of likely N-dealkylation sites (N-methyl/N-ethyl adjacent to an activating group) is 1. The summed E-state index contributed by atoms with van der Waals surface area (Å²) < 4.78 is 7.10. The van der Waals surface area contributed by atoms with Gasteiger partial charge in [-0.3, -0.25) is 9.48 Å². The molecule has 0 aliphatic carbocycles. The number of methoxy groups -OCH3 is 1. The van der Waals surface area contributed by atoms with E-state index in [1.54, 1.807) is 48.0 Å². The minimum atomic E-state index is -0.149. The Morgan fingerprint density at radius 1 is 1.37 bits per heavy atom. The highest BCUT2D eigenvalue weighted by Crippen LogP contribution is 2.25. The molecule has 1 amide bonds. The molecule has 0 bridgehead atoms. The number of halogens is 2. The number of ether oxygens (including phenoxy) is 1. The van der Waals surface area contributed by atoms with Crippen LogP contribution in [0, 0.1) is 12.8 Å².